The van der Waals surface area contributed by atoms with Crippen molar-refractivity contribution in [2.24, 2.45) is 0 Å². The van der Waals surface area contributed by atoms with E-state index in [1.165, 1.54) is 12.4 Å². The van der Waals surface area contributed by atoms with Crippen molar-refractivity contribution >= 4 is 17.5 Å². The highest BCUT2D eigenvalue weighted by molar-refractivity contribution is 6.30. The van der Waals surface area contributed by atoms with Gasteiger partial charge >= 0.3 is 0 Å². The zero-order chi connectivity index (χ0) is 16.3. The number of carbonyl (C=O) groups excluding carboxylic acids is 1. The van der Waals surface area contributed by atoms with Crippen molar-refractivity contribution in [3.63, 3.8) is 0 Å². The minimum absolute atomic E-state index is 0.163. The molecule has 2 aromatic rings. The van der Waals surface area contributed by atoms with Gasteiger partial charge in [0.25, 0.3) is 5.91 Å². The van der Waals surface area contributed by atoms with E-state index >= 15 is 0 Å². The Labute approximate surface area is 134 Å². The van der Waals surface area contributed by atoms with Gasteiger partial charge in [-0.15, -0.1) is 0 Å². The van der Waals surface area contributed by atoms with Crippen molar-refractivity contribution in [3.05, 3.63) is 46.6 Å². The molecular weight excluding hydrogens is 305 g/mol. The van der Waals surface area contributed by atoms with Gasteiger partial charge in [0, 0.05) is 29.7 Å². The average molecular weight is 322 g/mol. The van der Waals surface area contributed by atoms with Crippen LogP contribution in [0.1, 0.15) is 29.9 Å². The second kappa shape index (κ2) is 6.83. The highest BCUT2D eigenvalue weighted by atomic mass is 35.5. The van der Waals surface area contributed by atoms with Crippen molar-refractivity contribution in [1.82, 2.24) is 14.9 Å². The molecule has 6 heteroatoms. The molecule has 0 unspecified atom stereocenters. The monoisotopic (exact) mass is 321 g/mol. The first-order valence-electron chi connectivity index (χ1n) is 7.12. The molecule has 0 saturated heterocycles. The first kappa shape index (κ1) is 16.4. The zero-order valence-electron chi connectivity index (χ0n) is 12.7. The molecule has 1 aliphatic rings. The number of hydrogen-bond acceptors (Lipinski definition) is 3. The van der Waals surface area contributed by atoms with E-state index in [1.807, 2.05) is 13.8 Å². The predicted molar refractivity (Wildman–Crippen MR) is 84.4 cm³/mol. The number of benzene rings is 1. The summed E-state index contributed by atoms with van der Waals surface area (Å²) in [5, 5.41) is 0.324. The average Bonchev–Trinajstić information content (AvgIpc) is 2.53. The summed E-state index contributed by atoms with van der Waals surface area (Å²) in [4.78, 5) is 21.8. The molecule has 0 aliphatic carbocycles. The largest absolute Gasteiger partial charge is 0.340 e. The Hall–Kier alpha value is -2.01. The van der Waals surface area contributed by atoms with Crippen LogP contribution >= 0.6 is 11.6 Å². The number of amides is 1. The fourth-order valence-corrected chi connectivity index (χ4v) is 2.47. The van der Waals surface area contributed by atoms with E-state index in [9.17, 15) is 9.18 Å². The summed E-state index contributed by atoms with van der Waals surface area (Å²) in [7, 11) is 1.72. The maximum Gasteiger partial charge on any atom is 0.272 e. The van der Waals surface area contributed by atoms with Crippen molar-refractivity contribution in [1.29, 1.82) is 0 Å². The molecule has 0 radical (unpaired) electrons. The molecule has 4 nitrogen and oxygen atoms in total. The molecule has 1 aromatic carbocycles. The van der Waals surface area contributed by atoms with Gasteiger partial charge in [0.1, 0.15) is 17.8 Å². The Morgan fingerprint density at radius 1 is 1.23 bits per heavy atom. The maximum absolute atomic E-state index is 14.0. The number of nitrogens with zero attached hydrogens (tertiary/aromatic N) is 3. The Balaban J connectivity index is 0.000000847. The third-order valence-electron chi connectivity index (χ3n) is 3.38. The topological polar surface area (TPSA) is 46.1 Å². The highest BCUT2D eigenvalue weighted by Crippen LogP contribution is 2.29. The highest BCUT2D eigenvalue weighted by Gasteiger charge is 2.27. The first-order chi connectivity index (χ1) is 10.6. The summed E-state index contributed by atoms with van der Waals surface area (Å²) < 4.78 is 14.0. The Kier molecular flexibility index (Phi) is 5.08. The van der Waals surface area contributed by atoms with Crippen LogP contribution in [0.25, 0.3) is 11.3 Å². The molecule has 116 valence electrons. The summed E-state index contributed by atoms with van der Waals surface area (Å²) in [5.41, 5.74) is 1.84. The number of rotatable bonds is 1. The standard InChI is InChI=1S/C14H11ClFN3O.C2H6/c1-19-5-4-10-12(17-7-18-13(10)14(19)20)9-3-2-8(15)6-11(9)16;1-2/h2-3,6-7H,4-5H2,1H3;1-2H3. The fourth-order valence-electron chi connectivity index (χ4n) is 2.31. The molecule has 22 heavy (non-hydrogen) atoms. The smallest absolute Gasteiger partial charge is 0.272 e. The van der Waals surface area contributed by atoms with Gasteiger partial charge in [-0.1, -0.05) is 25.4 Å². The molecule has 3 rings (SSSR count). The van der Waals surface area contributed by atoms with Gasteiger partial charge in [0.05, 0.1) is 5.69 Å². The summed E-state index contributed by atoms with van der Waals surface area (Å²) >= 11 is 5.76. The molecule has 0 atom stereocenters. The molecule has 1 amide bonds. The van der Waals surface area contributed by atoms with Crippen LogP contribution in [0.2, 0.25) is 5.02 Å². The van der Waals surface area contributed by atoms with Crippen molar-refractivity contribution < 1.29 is 9.18 Å². The van der Waals surface area contributed by atoms with Gasteiger partial charge in [-0.3, -0.25) is 4.79 Å². The normalized spacial score (nSPS) is 13.3. The molecule has 2 heterocycles. The molecular formula is C16H17ClFN3O. The quantitative estimate of drug-likeness (QED) is 0.806. The van der Waals surface area contributed by atoms with Crippen LogP contribution in [0.15, 0.2) is 24.5 Å². The van der Waals surface area contributed by atoms with Crippen LogP contribution in [0, 0.1) is 5.82 Å². The molecule has 0 saturated carbocycles. The van der Waals surface area contributed by atoms with Gasteiger partial charge in [-0.05, 0) is 24.6 Å². The third kappa shape index (κ3) is 2.95. The molecule has 1 aromatic heterocycles. The summed E-state index contributed by atoms with van der Waals surface area (Å²) in [6, 6.07) is 4.41. The molecule has 0 bridgehead atoms. The van der Waals surface area contributed by atoms with E-state index in [0.717, 1.165) is 0 Å². The van der Waals surface area contributed by atoms with Crippen LogP contribution in [0.5, 0.6) is 0 Å². The van der Waals surface area contributed by atoms with Gasteiger partial charge in [0.15, 0.2) is 0 Å². The molecule has 1 aliphatic heterocycles. The van der Waals surface area contributed by atoms with Crippen molar-refractivity contribution in [2.45, 2.75) is 20.3 Å². The van der Waals surface area contributed by atoms with E-state index in [1.54, 1.807) is 24.1 Å². The zero-order valence-corrected chi connectivity index (χ0v) is 13.5. The van der Waals surface area contributed by atoms with Gasteiger partial charge in [-0.25, -0.2) is 14.4 Å². The van der Waals surface area contributed by atoms with E-state index in [0.29, 0.717) is 40.5 Å². The number of fused-ring (bicyclic) bond motifs is 1. The van der Waals surface area contributed by atoms with E-state index < -0.39 is 5.82 Å². The minimum atomic E-state index is -0.454. The maximum atomic E-state index is 14.0. The number of halogens is 2. The van der Waals surface area contributed by atoms with Gasteiger partial charge < -0.3 is 4.90 Å². The summed E-state index contributed by atoms with van der Waals surface area (Å²) in [5.74, 6) is -0.617. The second-order valence-corrected chi connectivity index (χ2v) is 5.09. The van der Waals surface area contributed by atoms with Gasteiger partial charge in [-0.2, -0.15) is 0 Å². The number of hydrogen-bond donors (Lipinski definition) is 0. The summed E-state index contributed by atoms with van der Waals surface area (Å²) in [6.45, 7) is 4.57. The van der Waals surface area contributed by atoms with E-state index in [-0.39, 0.29) is 5.91 Å². The van der Waals surface area contributed by atoms with E-state index in [2.05, 4.69) is 9.97 Å². The van der Waals surface area contributed by atoms with Crippen molar-refractivity contribution in [2.75, 3.05) is 13.6 Å². The predicted octanol–water partition coefficient (Wildman–Crippen LogP) is 3.59. The third-order valence-corrected chi connectivity index (χ3v) is 3.61. The molecule has 0 N–H and O–H groups in total. The fraction of sp³-hybridized carbons (Fsp3) is 0.312. The lowest BCUT2D eigenvalue weighted by Crippen LogP contribution is -2.35. The second-order valence-electron chi connectivity index (χ2n) is 4.65. The van der Waals surface area contributed by atoms with E-state index in [4.69, 9.17) is 11.6 Å². The lowest BCUT2D eigenvalue weighted by atomic mass is 9.98. The number of likely N-dealkylation sites (N-methyl/N-ethyl adjacent to an activating group) is 1. The molecule has 0 fully saturated rings. The van der Waals surface area contributed by atoms with Crippen LogP contribution in [0.3, 0.4) is 0 Å². The van der Waals surface area contributed by atoms with Crippen LogP contribution in [-0.2, 0) is 6.42 Å². The van der Waals surface area contributed by atoms with Gasteiger partial charge in [0.2, 0.25) is 0 Å². The number of aromatic nitrogens is 2. The van der Waals surface area contributed by atoms with Crippen LogP contribution in [0.4, 0.5) is 4.39 Å². The number of carbonyl (C=O) groups is 1. The minimum Gasteiger partial charge on any atom is -0.340 e. The van der Waals surface area contributed by atoms with Crippen LogP contribution < -0.4 is 0 Å². The Bertz CT molecular complexity index is 706. The Morgan fingerprint density at radius 3 is 2.59 bits per heavy atom. The SMILES string of the molecule is CC.CN1CCc2c(ncnc2-c2ccc(Cl)cc2F)C1=O. The Morgan fingerprint density at radius 2 is 1.91 bits per heavy atom. The first-order valence-corrected chi connectivity index (χ1v) is 7.50. The summed E-state index contributed by atoms with van der Waals surface area (Å²) in [6.07, 6.45) is 1.90. The molecule has 0 spiro atoms. The van der Waals surface area contributed by atoms with Crippen LogP contribution in [-0.4, -0.2) is 34.4 Å². The lowest BCUT2D eigenvalue weighted by Gasteiger charge is -2.25. The lowest BCUT2D eigenvalue weighted by molar-refractivity contribution is 0.0774. The van der Waals surface area contributed by atoms with Crippen molar-refractivity contribution in [3.8, 4) is 11.3 Å².